The fraction of sp³-hybridized carbons (Fsp3) is 0.355. The highest BCUT2D eigenvalue weighted by Gasteiger charge is 2.24. The van der Waals surface area contributed by atoms with Crippen molar-refractivity contribution >= 4 is 16.9 Å². The van der Waals surface area contributed by atoms with Crippen LogP contribution in [0.3, 0.4) is 0 Å². The van der Waals surface area contributed by atoms with Gasteiger partial charge in [-0.05, 0) is 108 Å². The lowest BCUT2D eigenvalue weighted by molar-refractivity contribution is 0.277. The number of pyridine rings is 1. The number of alkyl halides is 1. The van der Waals surface area contributed by atoms with Gasteiger partial charge < -0.3 is 15.7 Å². The van der Waals surface area contributed by atoms with Crippen LogP contribution in [0.15, 0.2) is 85.0 Å². The molecule has 0 saturated heterocycles. The molecule has 0 amide bonds. The van der Waals surface area contributed by atoms with E-state index in [0.717, 1.165) is 36.2 Å². The monoisotopic (exact) mass is 490 g/mol. The molecule has 36 heavy (non-hydrogen) atoms. The predicted molar refractivity (Wildman–Crippen MR) is 155 cm³/mol. The maximum atomic E-state index is 14.0. The summed E-state index contributed by atoms with van der Waals surface area (Å²) in [5, 5.41) is 10.8. The van der Waals surface area contributed by atoms with Crippen LogP contribution in [-0.4, -0.2) is 27.9 Å². The third kappa shape index (κ3) is 10.9. The number of aromatic amines is 1. The van der Waals surface area contributed by atoms with Crippen LogP contribution in [0.1, 0.15) is 71.2 Å². The Morgan fingerprint density at radius 3 is 2.44 bits per heavy atom. The van der Waals surface area contributed by atoms with Gasteiger partial charge in [-0.15, -0.1) is 0 Å². The minimum atomic E-state index is -1.50. The first-order valence-corrected chi connectivity index (χ1v) is 12.4. The van der Waals surface area contributed by atoms with E-state index in [2.05, 4.69) is 60.9 Å². The molecule has 2 rings (SSSR count). The van der Waals surface area contributed by atoms with Crippen molar-refractivity contribution in [3.63, 3.8) is 0 Å². The van der Waals surface area contributed by atoms with Crippen LogP contribution in [0.4, 0.5) is 4.39 Å². The number of aryl methyl sites for hydroxylation is 1. The van der Waals surface area contributed by atoms with Crippen molar-refractivity contribution in [3.8, 4) is 0 Å². The summed E-state index contributed by atoms with van der Waals surface area (Å²) >= 11 is 0. The van der Waals surface area contributed by atoms with Gasteiger partial charge in [-0.25, -0.2) is 4.39 Å². The SMILES string of the molecule is C/C=C(\C=C(/C(C)=N)C(C)(C)F)c1cc[nH]c1.C=CNCC/C(=C\CC=C(C)C)c1ncccc1C. The molecule has 0 aromatic carbocycles. The summed E-state index contributed by atoms with van der Waals surface area (Å²) in [5.41, 5.74) is 6.05. The van der Waals surface area contributed by atoms with E-state index in [1.165, 1.54) is 30.6 Å². The van der Waals surface area contributed by atoms with Crippen LogP contribution in [0.2, 0.25) is 0 Å². The van der Waals surface area contributed by atoms with Crippen molar-refractivity contribution in [2.24, 2.45) is 0 Å². The normalized spacial score (nSPS) is 12.4. The van der Waals surface area contributed by atoms with Crippen molar-refractivity contribution in [3.05, 3.63) is 102 Å². The molecule has 0 bridgehead atoms. The Morgan fingerprint density at radius 2 is 1.94 bits per heavy atom. The van der Waals surface area contributed by atoms with Gasteiger partial charge in [0.2, 0.25) is 0 Å². The molecule has 3 N–H and O–H groups in total. The molecule has 0 atom stereocenters. The third-order valence-corrected chi connectivity index (χ3v) is 5.47. The molecule has 4 nitrogen and oxygen atoms in total. The highest BCUT2D eigenvalue weighted by Crippen LogP contribution is 2.26. The molecular weight excluding hydrogens is 447 g/mol. The molecule has 0 unspecified atom stereocenters. The zero-order valence-electron chi connectivity index (χ0n) is 23.0. The molecule has 5 heteroatoms. The molecule has 0 fully saturated rings. The van der Waals surface area contributed by atoms with Gasteiger partial charge >= 0.3 is 0 Å². The topological polar surface area (TPSA) is 64.6 Å². The molecule has 2 heterocycles. The first-order valence-electron chi connectivity index (χ1n) is 12.4. The van der Waals surface area contributed by atoms with E-state index in [9.17, 15) is 4.39 Å². The predicted octanol–water partition coefficient (Wildman–Crippen LogP) is 8.39. The highest BCUT2D eigenvalue weighted by atomic mass is 19.1. The van der Waals surface area contributed by atoms with Crippen molar-refractivity contribution in [2.45, 2.75) is 67.0 Å². The smallest absolute Gasteiger partial charge is 0.132 e. The van der Waals surface area contributed by atoms with Crippen LogP contribution >= 0.6 is 0 Å². The van der Waals surface area contributed by atoms with Crippen molar-refractivity contribution < 1.29 is 4.39 Å². The van der Waals surface area contributed by atoms with E-state index in [1.54, 1.807) is 19.2 Å². The second kappa shape index (κ2) is 15.5. The second-order valence-corrected chi connectivity index (χ2v) is 9.32. The van der Waals surface area contributed by atoms with Gasteiger partial charge in [-0.2, -0.15) is 0 Å². The molecular formula is C31H43FN4. The molecule has 0 radical (unpaired) electrons. The Morgan fingerprint density at radius 1 is 1.22 bits per heavy atom. The highest BCUT2D eigenvalue weighted by molar-refractivity contribution is 6.00. The number of hydrogen-bond acceptors (Lipinski definition) is 3. The van der Waals surface area contributed by atoms with E-state index >= 15 is 0 Å². The molecule has 194 valence electrons. The Balaban J connectivity index is 0.000000362. The van der Waals surface area contributed by atoms with Crippen LogP contribution < -0.4 is 5.32 Å². The van der Waals surface area contributed by atoms with Gasteiger partial charge in [-0.1, -0.05) is 36.4 Å². The Kier molecular flexibility index (Phi) is 13.2. The Bertz CT molecular complexity index is 1090. The van der Waals surface area contributed by atoms with Crippen LogP contribution in [0.5, 0.6) is 0 Å². The molecule has 2 aromatic rings. The molecule has 0 aliphatic rings. The fourth-order valence-electron chi connectivity index (χ4n) is 3.60. The van der Waals surface area contributed by atoms with Gasteiger partial charge in [0.05, 0.1) is 5.69 Å². The minimum absolute atomic E-state index is 0.257. The number of nitrogens with zero attached hydrogens (tertiary/aromatic N) is 1. The number of aromatic nitrogens is 2. The number of H-pyrrole nitrogens is 1. The summed E-state index contributed by atoms with van der Waals surface area (Å²) < 4.78 is 14.0. The lowest BCUT2D eigenvalue weighted by Crippen LogP contribution is -2.21. The lowest BCUT2D eigenvalue weighted by Gasteiger charge is -2.18. The summed E-state index contributed by atoms with van der Waals surface area (Å²) in [6.07, 6.45) is 17.4. The van der Waals surface area contributed by atoms with Gasteiger partial charge in [0.15, 0.2) is 0 Å². The molecule has 2 aromatic heterocycles. The fourth-order valence-corrected chi connectivity index (χ4v) is 3.60. The molecule has 0 aliphatic carbocycles. The molecule has 0 aliphatic heterocycles. The van der Waals surface area contributed by atoms with Gasteiger partial charge in [0.1, 0.15) is 5.67 Å². The number of halogens is 1. The summed E-state index contributed by atoms with van der Waals surface area (Å²) in [7, 11) is 0. The van der Waals surface area contributed by atoms with Crippen molar-refractivity contribution in [1.29, 1.82) is 5.41 Å². The first kappa shape index (κ1) is 30.6. The average molecular weight is 491 g/mol. The van der Waals surface area contributed by atoms with Crippen LogP contribution in [0.25, 0.3) is 11.1 Å². The average Bonchev–Trinajstić information content (AvgIpc) is 3.33. The Labute approximate surface area is 217 Å². The summed E-state index contributed by atoms with van der Waals surface area (Å²) in [5.74, 6) is 0. The van der Waals surface area contributed by atoms with Crippen LogP contribution in [-0.2, 0) is 0 Å². The minimum Gasteiger partial charge on any atom is -0.391 e. The number of allylic oxidation sites excluding steroid dienone is 7. The van der Waals surface area contributed by atoms with E-state index in [0.29, 0.717) is 5.57 Å². The third-order valence-electron chi connectivity index (χ3n) is 5.47. The number of hydrogen-bond donors (Lipinski definition) is 3. The number of nitrogens with one attached hydrogen (secondary N) is 3. The molecule has 0 spiro atoms. The largest absolute Gasteiger partial charge is 0.391 e. The van der Waals surface area contributed by atoms with Gasteiger partial charge in [0, 0.05) is 36.4 Å². The van der Waals surface area contributed by atoms with Crippen molar-refractivity contribution in [2.75, 3.05) is 6.54 Å². The maximum Gasteiger partial charge on any atom is 0.132 e. The Hall–Kier alpha value is -3.47. The lowest BCUT2D eigenvalue weighted by atomic mass is 9.92. The van der Waals surface area contributed by atoms with Gasteiger partial charge in [-0.3, -0.25) is 4.98 Å². The standard InChI is InChI=1S/C17H24N2.C14H19FN2/c1-5-18-13-11-16(10-6-8-14(2)3)17-15(4)9-7-12-19-17;1-5-11(12-6-7-17-9-12)8-13(10(2)16)14(3,4)15/h5,7-10,12,18H,1,6,11,13H2,2-4H3;5-9,16-17H,1-4H3/b16-10+;11-5+,13-8+,16-10?. The van der Waals surface area contributed by atoms with Crippen molar-refractivity contribution in [1.82, 2.24) is 15.3 Å². The van der Waals surface area contributed by atoms with E-state index in [-0.39, 0.29) is 5.71 Å². The van der Waals surface area contributed by atoms with Gasteiger partial charge in [0.25, 0.3) is 0 Å². The summed E-state index contributed by atoms with van der Waals surface area (Å²) in [6, 6.07) is 6.01. The maximum absolute atomic E-state index is 14.0. The quantitative estimate of drug-likeness (QED) is 0.128. The zero-order valence-corrected chi connectivity index (χ0v) is 23.0. The summed E-state index contributed by atoms with van der Waals surface area (Å²) in [6.45, 7) is 17.4. The first-order chi connectivity index (χ1) is 17.0. The van der Waals surface area contributed by atoms with E-state index < -0.39 is 5.67 Å². The van der Waals surface area contributed by atoms with Crippen LogP contribution in [0, 0.1) is 12.3 Å². The second-order valence-electron chi connectivity index (χ2n) is 9.32. The summed E-state index contributed by atoms with van der Waals surface area (Å²) in [4.78, 5) is 7.48. The van der Waals surface area contributed by atoms with E-state index in [1.807, 2.05) is 43.7 Å². The number of rotatable bonds is 11. The zero-order chi connectivity index (χ0) is 27.1. The molecule has 0 saturated carbocycles. The van der Waals surface area contributed by atoms with E-state index in [4.69, 9.17) is 5.41 Å².